The first kappa shape index (κ1) is 20.6. The van der Waals surface area contributed by atoms with E-state index in [2.05, 4.69) is 6.58 Å². The SMILES string of the molecule is C=CCC[C@@H](OCc1ccc(OC)cc1)[C@H]1C[C@@H](CC=O)OC(C)(C)O1. The summed E-state index contributed by atoms with van der Waals surface area (Å²) in [6.45, 7) is 8.06. The van der Waals surface area contributed by atoms with Gasteiger partial charge in [-0.1, -0.05) is 18.2 Å². The predicted octanol–water partition coefficient (Wildman–Crippen LogP) is 4.05. The quantitative estimate of drug-likeness (QED) is 0.464. The van der Waals surface area contributed by atoms with Crippen molar-refractivity contribution < 1.29 is 23.7 Å². The molecule has 1 aliphatic rings. The van der Waals surface area contributed by atoms with Crippen LogP contribution in [0.4, 0.5) is 0 Å². The van der Waals surface area contributed by atoms with Crippen molar-refractivity contribution in [3.05, 3.63) is 42.5 Å². The van der Waals surface area contributed by atoms with Crippen LogP contribution in [0.3, 0.4) is 0 Å². The molecule has 144 valence electrons. The number of carbonyl (C=O) groups is 1. The number of carbonyl (C=O) groups excluding carboxylic acids is 1. The van der Waals surface area contributed by atoms with E-state index in [4.69, 9.17) is 18.9 Å². The van der Waals surface area contributed by atoms with E-state index in [0.29, 0.717) is 19.4 Å². The lowest BCUT2D eigenvalue weighted by Crippen LogP contribution is -2.49. The fourth-order valence-corrected chi connectivity index (χ4v) is 3.21. The van der Waals surface area contributed by atoms with Crippen LogP contribution < -0.4 is 4.74 Å². The van der Waals surface area contributed by atoms with Crippen LogP contribution in [0.15, 0.2) is 36.9 Å². The third-order valence-electron chi connectivity index (χ3n) is 4.43. The van der Waals surface area contributed by atoms with Gasteiger partial charge in [0.05, 0.1) is 32.0 Å². The minimum Gasteiger partial charge on any atom is -0.497 e. The van der Waals surface area contributed by atoms with E-state index in [1.807, 2.05) is 44.2 Å². The highest BCUT2D eigenvalue weighted by atomic mass is 16.7. The lowest BCUT2D eigenvalue weighted by molar-refractivity contribution is -0.315. The number of methoxy groups -OCH3 is 1. The molecule has 0 N–H and O–H groups in total. The van der Waals surface area contributed by atoms with E-state index in [9.17, 15) is 4.79 Å². The zero-order chi connectivity index (χ0) is 19.0. The number of hydrogen-bond donors (Lipinski definition) is 0. The number of allylic oxidation sites excluding steroid dienone is 1. The highest BCUT2D eigenvalue weighted by molar-refractivity contribution is 5.50. The van der Waals surface area contributed by atoms with Gasteiger partial charge in [-0.25, -0.2) is 0 Å². The third-order valence-corrected chi connectivity index (χ3v) is 4.43. The molecule has 0 bridgehead atoms. The van der Waals surface area contributed by atoms with Gasteiger partial charge in [-0.15, -0.1) is 6.58 Å². The number of rotatable bonds is 10. The minimum absolute atomic E-state index is 0.0903. The average molecular weight is 362 g/mol. The van der Waals surface area contributed by atoms with E-state index < -0.39 is 5.79 Å². The standard InChI is InChI=1S/C21H30O5/c1-5-6-7-19(24-15-16-8-10-17(23-4)11-9-16)20-14-18(12-13-22)25-21(2,3)26-20/h5,8-11,13,18-20H,1,6-7,12,14-15H2,2-4H3/t18-,19-,20-/m1/s1. The number of aldehydes is 1. The molecular formula is C21H30O5. The molecule has 1 fully saturated rings. The molecule has 0 radical (unpaired) electrons. The Bertz CT molecular complexity index is 566. The molecule has 0 unspecified atom stereocenters. The van der Waals surface area contributed by atoms with Crippen LogP contribution >= 0.6 is 0 Å². The number of ether oxygens (including phenoxy) is 4. The van der Waals surface area contributed by atoms with E-state index >= 15 is 0 Å². The summed E-state index contributed by atoms with van der Waals surface area (Å²) >= 11 is 0. The van der Waals surface area contributed by atoms with Crippen LogP contribution in [0.5, 0.6) is 5.75 Å². The predicted molar refractivity (Wildman–Crippen MR) is 100 cm³/mol. The van der Waals surface area contributed by atoms with Crippen LogP contribution in [0, 0.1) is 0 Å². The van der Waals surface area contributed by atoms with Crippen molar-refractivity contribution in [2.45, 2.75) is 70.2 Å². The molecule has 0 spiro atoms. The van der Waals surface area contributed by atoms with E-state index in [1.165, 1.54) is 0 Å². The molecule has 1 aromatic carbocycles. The number of hydrogen-bond acceptors (Lipinski definition) is 5. The molecule has 0 saturated carbocycles. The largest absolute Gasteiger partial charge is 0.497 e. The zero-order valence-corrected chi connectivity index (χ0v) is 16.0. The average Bonchev–Trinajstić information content (AvgIpc) is 2.61. The van der Waals surface area contributed by atoms with Gasteiger partial charge in [0.15, 0.2) is 5.79 Å². The van der Waals surface area contributed by atoms with Crippen LogP contribution in [0.2, 0.25) is 0 Å². The van der Waals surface area contributed by atoms with Gasteiger partial charge < -0.3 is 23.7 Å². The highest BCUT2D eigenvalue weighted by Crippen LogP contribution is 2.32. The second kappa shape index (κ2) is 9.86. The molecule has 2 rings (SSSR count). The summed E-state index contributed by atoms with van der Waals surface area (Å²) in [5.41, 5.74) is 1.07. The van der Waals surface area contributed by atoms with Gasteiger partial charge in [-0.05, 0) is 44.4 Å². The van der Waals surface area contributed by atoms with Gasteiger partial charge in [0.2, 0.25) is 0 Å². The summed E-state index contributed by atoms with van der Waals surface area (Å²) in [7, 11) is 1.65. The number of benzene rings is 1. The van der Waals surface area contributed by atoms with Gasteiger partial charge in [-0.3, -0.25) is 0 Å². The topological polar surface area (TPSA) is 54.0 Å². The van der Waals surface area contributed by atoms with Crippen molar-refractivity contribution in [2.24, 2.45) is 0 Å². The summed E-state index contributed by atoms with van der Waals surface area (Å²) in [6.07, 6.45) is 5.10. The third kappa shape index (κ3) is 6.24. The first-order valence-electron chi connectivity index (χ1n) is 9.12. The van der Waals surface area contributed by atoms with E-state index in [-0.39, 0.29) is 18.3 Å². The van der Waals surface area contributed by atoms with Crippen LogP contribution in [0.1, 0.15) is 45.1 Å². The van der Waals surface area contributed by atoms with Crippen LogP contribution in [-0.4, -0.2) is 37.5 Å². The Kier molecular flexibility index (Phi) is 7.82. The molecule has 26 heavy (non-hydrogen) atoms. The Balaban J connectivity index is 2.04. The van der Waals surface area contributed by atoms with Gasteiger partial charge in [0.25, 0.3) is 0 Å². The molecule has 3 atom stereocenters. The fraction of sp³-hybridized carbons (Fsp3) is 0.571. The first-order chi connectivity index (χ1) is 12.5. The maximum atomic E-state index is 10.9. The molecule has 0 aliphatic carbocycles. The van der Waals surface area contributed by atoms with Gasteiger partial charge in [-0.2, -0.15) is 0 Å². The summed E-state index contributed by atoms with van der Waals surface area (Å²) in [5.74, 6) is 0.0927. The molecule has 1 aromatic rings. The molecule has 0 amide bonds. The Hall–Kier alpha value is -1.69. The second-order valence-electron chi connectivity index (χ2n) is 7.00. The smallest absolute Gasteiger partial charge is 0.163 e. The molecular weight excluding hydrogens is 332 g/mol. The van der Waals surface area contributed by atoms with Crippen molar-refractivity contribution in [1.29, 1.82) is 0 Å². The lowest BCUT2D eigenvalue weighted by Gasteiger charge is -2.43. The van der Waals surface area contributed by atoms with E-state index in [0.717, 1.165) is 30.4 Å². The minimum atomic E-state index is -0.730. The van der Waals surface area contributed by atoms with Crippen LogP contribution in [0.25, 0.3) is 0 Å². The monoisotopic (exact) mass is 362 g/mol. The Labute approximate surface area is 156 Å². The van der Waals surface area contributed by atoms with Gasteiger partial charge in [0.1, 0.15) is 12.0 Å². The molecule has 1 saturated heterocycles. The Morgan fingerprint density at radius 2 is 2.04 bits per heavy atom. The Morgan fingerprint density at radius 3 is 2.65 bits per heavy atom. The van der Waals surface area contributed by atoms with Crippen molar-refractivity contribution >= 4 is 6.29 Å². The maximum absolute atomic E-state index is 10.9. The molecule has 1 aliphatic heterocycles. The summed E-state index contributed by atoms with van der Waals surface area (Å²) in [6, 6.07) is 7.83. The molecule has 5 heteroatoms. The normalized spacial score (nSPS) is 23.2. The molecule has 1 heterocycles. The van der Waals surface area contributed by atoms with Crippen LogP contribution in [-0.2, 0) is 25.6 Å². The van der Waals surface area contributed by atoms with Crippen molar-refractivity contribution in [1.82, 2.24) is 0 Å². The summed E-state index contributed by atoms with van der Waals surface area (Å²) < 4.78 is 23.4. The van der Waals surface area contributed by atoms with Gasteiger partial charge >= 0.3 is 0 Å². The highest BCUT2D eigenvalue weighted by Gasteiger charge is 2.39. The molecule has 5 nitrogen and oxygen atoms in total. The van der Waals surface area contributed by atoms with Crippen molar-refractivity contribution in [2.75, 3.05) is 7.11 Å². The summed E-state index contributed by atoms with van der Waals surface area (Å²) in [4.78, 5) is 10.9. The Morgan fingerprint density at radius 1 is 1.31 bits per heavy atom. The fourth-order valence-electron chi connectivity index (χ4n) is 3.21. The van der Waals surface area contributed by atoms with E-state index in [1.54, 1.807) is 7.11 Å². The lowest BCUT2D eigenvalue weighted by atomic mass is 9.98. The maximum Gasteiger partial charge on any atom is 0.163 e. The van der Waals surface area contributed by atoms with Crippen molar-refractivity contribution in [3.63, 3.8) is 0 Å². The first-order valence-corrected chi connectivity index (χ1v) is 9.12. The summed E-state index contributed by atoms with van der Waals surface area (Å²) in [5, 5.41) is 0. The van der Waals surface area contributed by atoms with Crippen molar-refractivity contribution in [3.8, 4) is 5.75 Å². The zero-order valence-electron chi connectivity index (χ0n) is 16.0. The van der Waals surface area contributed by atoms with Gasteiger partial charge in [0, 0.05) is 12.8 Å². The molecule has 0 aromatic heterocycles. The second-order valence-corrected chi connectivity index (χ2v) is 7.00.